The van der Waals surface area contributed by atoms with Crippen molar-refractivity contribution in [3.8, 4) is 6.07 Å². The lowest BCUT2D eigenvalue weighted by Crippen LogP contribution is -2.38. The van der Waals surface area contributed by atoms with Gasteiger partial charge in [0.2, 0.25) is 17.7 Å². The Hall–Kier alpha value is -2.21. The number of nitriles is 1. The number of carbonyl (C=O) groups is 3. The summed E-state index contributed by atoms with van der Waals surface area (Å²) in [6.45, 7) is 3.94. The van der Waals surface area contributed by atoms with Gasteiger partial charge in [0.15, 0.2) is 0 Å². The Bertz CT molecular complexity index is 991. The Kier molecular flexibility index (Phi) is 5.01. The Morgan fingerprint density at radius 2 is 2.14 bits per heavy atom. The molecule has 1 aromatic rings. The minimum atomic E-state index is -0.500. The molecule has 0 unspecified atom stereocenters. The Morgan fingerprint density at radius 3 is 2.86 bits per heavy atom. The SMILES string of the molecule is CC1(C)Cc2c(sc(NC(=O)CN3C(=O)[C@H]4CC=C(Cl)C[C@H]4C3=O)c2C#N)CO1. The van der Waals surface area contributed by atoms with Crippen molar-refractivity contribution < 1.29 is 19.1 Å². The number of ether oxygens (including phenoxy) is 1. The highest BCUT2D eigenvalue weighted by molar-refractivity contribution is 7.16. The van der Waals surface area contributed by atoms with E-state index in [0.717, 1.165) is 15.3 Å². The average Bonchev–Trinajstić information content (AvgIpc) is 3.10. The molecule has 4 rings (SSSR count). The number of allylic oxidation sites excluding steroid dienone is 2. The highest BCUT2D eigenvalue weighted by Crippen LogP contribution is 2.41. The number of imide groups is 1. The van der Waals surface area contributed by atoms with Gasteiger partial charge in [0, 0.05) is 16.3 Å². The van der Waals surface area contributed by atoms with E-state index >= 15 is 0 Å². The van der Waals surface area contributed by atoms with Crippen molar-refractivity contribution >= 4 is 45.7 Å². The fourth-order valence-corrected chi connectivity index (χ4v) is 5.47. The maximum Gasteiger partial charge on any atom is 0.245 e. The molecule has 0 aromatic carbocycles. The maximum atomic E-state index is 12.6. The molecule has 2 aliphatic heterocycles. The number of carbonyl (C=O) groups excluding carboxylic acids is 3. The first-order chi connectivity index (χ1) is 13.7. The Morgan fingerprint density at radius 1 is 1.41 bits per heavy atom. The summed E-state index contributed by atoms with van der Waals surface area (Å²) in [7, 11) is 0. The highest BCUT2D eigenvalue weighted by Gasteiger charge is 2.48. The summed E-state index contributed by atoms with van der Waals surface area (Å²) in [4.78, 5) is 39.7. The number of nitrogens with one attached hydrogen (secondary N) is 1. The van der Waals surface area contributed by atoms with Gasteiger partial charge >= 0.3 is 0 Å². The highest BCUT2D eigenvalue weighted by atomic mass is 35.5. The summed E-state index contributed by atoms with van der Waals surface area (Å²) in [6, 6.07) is 2.17. The molecule has 0 radical (unpaired) electrons. The van der Waals surface area contributed by atoms with Crippen molar-refractivity contribution in [3.63, 3.8) is 0 Å². The third-order valence-corrected chi connectivity index (χ3v) is 7.04. The van der Waals surface area contributed by atoms with Gasteiger partial charge < -0.3 is 10.1 Å². The fraction of sp³-hybridized carbons (Fsp3) is 0.500. The monoisotopic (exact) mass is 433 g/mol. The molecular formula is C20H20ClN3O4S. The molecule has 1 N–H and O–H groups in total. The number of likely N-dealkylation sites (tertiary alicyclic amines) is 1. The summed E-state index contributed by atoms with van der Waals surface area (Å²) >= 11 is 7.32. The molecule has 9 heteroatoms. The zero-order valence-electron chi connectivity index (χ0n) is 16.1. The van der Waals surface area contributed by atoms with Crippen molar-refractivity contribution in [1.82, 2.24) is 4.90 Å². The second-order valence-corrected chi connectivity index (χ2v) is 9.75. The van der Waals surface area contributed by atoms with Crippen LogP contribution in [0.15, 0.2) is 11.1 Å². The predicted octanol–water partition coefficient (Wildman–Crippen LogP) is 2.93. The standard InChI is InChI=1S/C20H20ClN3O4S/c1-20(2)6-13-14(7-22)17(29-15(13)9-28-20)23-16(25)8-24-18(26)11-4-3-10(21)5-12(11)19(24)27/h3,11-12H,4-6,8-9H2,1-2H3,(H,23,25)/t11-,12+/m0/s1. The molecular weight excluding hydrogens is 414 g/mol. The number of hydrogen-bond acceptors (Lipinski definition) is 6. The summed E-state index contributed by atoms with van der Waals surface area (Å²) in [6.07, 6.45) is 3.09. The molecule has 1 aliphatic carbocycles. The fourth-order valence-electron chi connectivity index (χ4n) is 4.12. The Labute approximate surface area is 177 Å². The number of halogens is 1. The first-order valence-corrected chi connectivity index (χ1v) is 10.6. The van der Waals surface area contributed by atoms with Gasteiger partial charge in [-0.1, -0.05) is 17.7 Å². The van der Waals surface area contributed by atoms with Crippen molar-refractivity contribution in [2.45, 2.75) is 45.3 Å². The van der Waals surface area contributed by atoms with E-state index in [1.165, 1.54) is 11.3 Å². The van der Waals surface area contributed by atoms with Crippen LogP contribution in [0.1, 0.15) is 42.7 Å². The van der Waals surface area contributed by atoms with E-state index < -0.39 is 17.7 Å². The largest absolute Gasteiger partial charge is 0.370 e. The molecule has 152 valence electrons. The number of nitrogens with zero attached hydrogens (tertiary/aromatic N) is 2. The third kappa shape index (κ3) is 3.59. The van der Waals surface area contributed by atoms with Crippen molar-refractivity contribution in [2.24, 2.45) is 11.8 Å². The van der Waals surface area contributed by atoms with E-state index in [1.807, 2.05) is 13.8 Å². The smallest absolute Gasteiger partial charge is 0.245 e. The maximum absolute atomic E-state index is 12.6. The van der Waals surface area contributed by atoms with Gasteiger partial charge in [-0.15, -0.1) is 11.3 Å². The molecule has 7 nitrogen and oxygen atoms in total. The number of thiophene rings is 1. The third-order valence-electron chi connectivity index (χ3n) is 5.61. The van der Waals surface area contributed by atoms with E-state index in [9.17, 15) is 19.6 Å². The van der Waals surface area contributed by atoms with Gasteiger partial charge in [-0.3, -0.25) is 19.3 Å². The normalized spacial score (nSPS) is 25.2. The summed E-state index contributed by atoms with van der Waals surface area (Å²) < 4.78 is 5.78. The average molecular weight is 434 g/mol. The predicted molar refractivity (Wildman–Crippen MR) is 107 cm³/mol. The van der Waals surface area contributed by atoms with Crippen molar-refractivity contribution in [2.75, 3.05) is 11.9 Å². The van der Waals surface area contributed by atoms with Crippen LogP contribution in [0.2, 0.25) is 0 Å². The summed E-state index contributed by atoms with van der Waals surface area (Å²) in [5.74, 6) is -2.13. The second kappa shape index (κ2) is 7.24. The van der Waals surface area contributed by atoms with E-state index in [0.29, 0.717) is 41.5 Å². The molecule has 1 aromatic heterocycles. The lowest BCUT2D eigenvalue weighted by Gasteiger charge is -2.29. The number of anilines is 1. The summed E-state index contributed by atoms with van der Waals surface area (Å²) in [5.41, 5.74) is 0.948. The second-order valence-electron chi connectivity index (χ2n) is 8.16. The van der Waals surface area contributed by atoms with Crippen LogP contribution in [-0.4, -0.2) is 34.8 Å². The first kappa shape index (κ1) is 20.1. The van der Waals surface area contributed by atoms with Crippen LogP contribution in [0.3, 0.4) is 0 Å². The molecule has 0 spiro atoms. The van der Waals surface area contributed by atoms with Gasteiger partial charge in [-0.05, 0) is 32.3 Å². The van der Waals surface area contributed by atoms with Crippen LogP contribution in [-0.2, 0) is 32.1 Å². The number of hydrogen-bond donors (Lipinski definition) is 1. The van der Waals surface area contributed by atoms with Crippen LogP contribution in [0.4, 0.5) is 5.00 Å². The quantitative estimate of drug-likeness (QED) is 0.739. The molecule has 2 atom stereocenters. The van der Waals surface area contributed by atoms with Gasteiger partial charge in [0.05, 0.1) is 29.6 Å². The van der Waals surface area contributed by atoms with Crippen LogP contribution in [0.25, 0.3) is 0 Å². The molecule has 3 heterocycles. The Balaban J connectivity index is 1.49. The minimum Gasteiger partial charge on any atom is -0.370 e. The molecule has 3 amide bonds. The zero-order valence-corrected chi connectivity index (χ0v) is 17.7. The lowest BCUT2D eigenvalue weighted by molar-refractivity contribution is -0.142. The molecule has 1 fully saturated rings. The molecule has 29 heavy (non-hydrogen) atoms. The van der Waals surface area contributed by atoms with Crippen LogP contribution >= 0.6 is 22.9 Å². The van der Waals surface area contributed by atoms with Crippen molar-refractivity contribution in [1.29, 1.82) is 5.26 Å². The van der Waals surface area contributed by atoms with E-state index in [1.54, 1.807) is 6.08 Å². The topological polar surface area (TPSA) is 99.5 Å². The van der Waals surface area contributed by atoms with Gasteiger partial charge in [-0.2, -0.15) is 5.26 Å². The molecule has 0 saturated carbocycles. The van der Waals surface area contributed by atoms with E-state index in [2.05, 4.69) is 11.4 Å². The molecule has 0 bridgehead atoms. The van der Waals surface area contributed by atoms with Gasteiger partial charge in [-0.25, -0.2) is 0 Å². The van der Waals surface area contributed by atoms with Gasteiger partial charge in [0.25, 0.3) is 0 Å². The van der Waals surface area contributed by atoms with Crippen LogP contribution in [0.5, 0.6) is 0 Å². The van der Waals surface area contributed by atoms with E-state index in [4.69, 9.17) is 16.3 Å². The summed E-state index contributed by atoms with van der Waals surface area (Å²) in [5, 5.41) is 13.3. The minimum absolute atomic E-state index is 0.334. The lowest BCUT2D eigenvalue weighted by atomic mass is 9.85. The van der Waals surface area contributed by atoms with Crippen molar-refractivity contribution in [3.05, 3.63) is 27.1 Å². The zero-order chi connectivity index (χ0) is 20.9. The molecule has 1 saturated heterocycles. The van der Waals surface area contributed by atoms with E-state index in [-0.39, 0.29) is 24.0 Å². The first-order valence-electron chi connectivity index (χ1n) is 9.38. The van der Waals surface area contributed by atoms with Gasteiger partial charge in [0.1, 0.15) is 17.6 Å². The number of amides is 3. The van der Waals surface area contributed by atoms with Crippen LogP contribution < -0.4 is 5.32 Å². The number of rotatable bonds is 3. The molecule has 3 aliphatic rings. The number of fused-ring (bicyclic) bond motifs is 2. The van der Waals surface area contributed by atoms with Crippen LogP contribution in [0, 0.1) is 23.2 Å².